The molecule has 0 radical (unpaired) electrons. The molecule has 2 atom stereocenters. The standard InChI is InChI=1S/C25H30F3N3O3/c1-15-7-10-17(14-20(15)25(26,27)28)30-22(32)19-6-5-13-29-21(19)16-8-11-18(12-9-16)31(23(33)34)24(2,3)4/h7-12,14,19,21,29H,5-6,13H2,1-4H3,(H,30,32)(H,33,34)/t19-,21-/m0/s1. The van der Waals surface area contributed by atoms with Crippen LogP contribution in [0.4, 0.5) is 29.3 Å². The topological polar surface area (TPSA) is 81.7 Å². The molecule has 2 aromatic rings. The number of anilines is 2. The van der Waals surface area contributed by atoms with Crippen LogP contribution in [0, 0.1) is 12.8 Å². The number of aryl methyl sites for hydroxylation is 1. The number of hydrogen-bond acceptors (Lipinski definition) is 3. The lowest BCUT2D eigenvalue weighted by molar-refractivity contribution is -0.138. The van der Waals surface area contributed by atoms with E-state index in [-0.39, 0.29) is 23.2 Å². The van der Waals surface area contributed by atoms with Gasteiger partial charge in [0.2, 0.25) is 5.91 Å². The van der Waals surface area contributed by atoms with Gasteiger partial charge in [0.25, 0.3) is 0 Å². The lowest BCUT2D eigenvalue weighted by Crippen LogP contribution is -2.45. The molecule has 0 bridgehead atoms. The quantitative estimate of drug-likeness (QED) is 0.506. The fourth-order valence-corrected chi connectivity index (χ4v) is 4.38. The average Bonchev–Trinajstić information content (AvgIpc) is 2.73. The van der Waals surface area contributed by atoms with Crippen LogP contribution in [-0.4, -0.2) is 29.2 Å². The summed E-state index contributed by atoms with van der Waals surface area (Å²) in [6, 6.07) is 10.4. The minimum Gasteiger partial charge on any atom is -0.465 e. The third kappa shape index (κ3) is 5.70. The molecule has 1 heterocycles. The molecule has 184 valence electrons. The van der Waals surface area contributed by atoms with Crippen molar-refractivity contribution < 1.29 is 27.9 Å². The first-order valence-electron chi connectivity index (χ1n) is 11.1. The van der Waals surface area contributed by atoms with Crippen LogP contribution in [-0.2, 0) is 11.0 Å². The normalized spacial score (nSPS) is 18.9. The van der Waals surface area contributed by atoms with Crippen molar-refractivity contribution in [3.05, 3.63) is 59.2 Å². The Balaban J connectivity index is 1.82. The Morgan fingerprint density at radius 3 is 2.29 bits per heavy atom. The molecule has 3 N–H and O–H groups in total. The lowest BCUT2D eigenvalue weighted by Gasteiger charge is -2.34. The summed E-state index contributed by atoms with van der Waals surface area (Å²) in [5.41, 5.74) is 0.101. The van der Waals surface area contributed by atoms with Gasteiger partial charge in [-0.3, -0.25) is 9.69 Å². The van der Waals surface area contributed by atoms with Crippen LogP contribution < -0.4 is 15.5 Å². The third-order valence-corrected chi connectivity index (χ3v) is 5.98. The number of rotatable bonds is 4. The fourth-order valence-electron chi connectivity index (χ4n) is 4.38. The van der Waals surface area contributed by atoms with E-state index in [0.717, 1.165) is 18.1 Å². The highest BCUT2D eigenvalue weighted by Gasteiger charge is 2.35. The van der Waals surface area contributed by atoms with Crippen molar-refractivity contribution in [2.45, 2.75) is 58.3 Å². The maximum atomic E-state index is 13.3. The fraction of sp³-hybridized carbons (Fsp3) is 0.440. The number of hydrogen-bond donors (Lipinski definition) is 3. The Labute approximate surface area is 197 Å². The monoisotopic (exact) mass is 477 g/mol. The highest BCUT2D eigenvalue weighted by molar-refractivity contribution is 5.93. The van der Waals surface area contributed by atoms with Crippen molar-refractivity contribution in [1.29, 1.82) is 0 Å². The molecule has 2 amide bonds. The van der Waals surface area contributed by atoms with E-state index >= 15 is 0 Å². The number of nitrogens with zero attached hydrogens (tertiary/aromatic N) is 1. The van der Waals surface area contributed by atoms with Gasteiger partial charge in [0.15, 0.2) is 0 Å². The van der Waals surface area contributed by atoms with Gasteiger partial charge >= 0.3 is 12.3 Å². The highest BCUT2D eigenvalue weighted by Crippen LogP contribution is 2.35. The molecule has 1 aliphatic rings. The predicted octanol–water partition coefficient (Wildman–Crippen LogP) is 5.98. The van der Waals surface area contributed by atoms with Crippen LogP contribution >= 0.6 is 0 Å². The summed E-state index contributed by atoms with van der Waals surface area (Å²) in [5.74, 6) is -0.853. The van der Waals surface area contributed by atoms with Gasteiger partial charge in [-0.2, -0.15) is 13.2 Å². The van der Waals surface area contributed by atoms with E-state index < -0.39 is 29.3 Å². The summed E-state index contributed by atoms with van der Waals surface area (Å²) >= 11 is 0. The Bertz CT molecular complexity index is 1050. The van der Waals surface area contributed by atoms with Crippen molar-refractivity contribution in [3.63, 3.8) is 0 Å². The molecule has 34 heavy (non-hydrogen) atoms. The molecule has 1 aliphatic heterocycles. The van der Waals surface area contributed by atoms with Crippen LogP contribution in [0.15, 0.2) is 42.5 Å². The maximum absolute atomic E-state index is 13.3. The second kappa shape index (κ2) is 9.66. The summed E-state index contributed by atoms with van der Waals surface area (Å²) in [5, 5.41) is 15.6. The molecular formula is C25H30F3N3O3. The van der Waals surface area contributed by atoms with Gasteiger partial charge in [-0.05, 0) is 82.5 Å². The van der Waals surface area contributed by atoms with Crippen molar-refractivity contribution >= 4 is 23.4 Å². The second-order valence-electron chi connectivity index (χ2n) is 9.58. The first kappa shape index (κ1) is 25.6. The summed E-state index contributed by atoms with van der Waals surface area (Å²) < 4.78 is 39.8. The Hall–Kier alpha value is -3.07. The van der Waals surface area contributed by atoms with E-state index in [1.807, 2.05) is 0 Å². The zero-order valence-electron chi connectivity index (χ0n) is 19.7. The molecular weight excluding hydrogens is 447 g/mol. The Morgan fingerprint density at radius 2 is 1.74 bits per heavy atom. The van der Waals surface area contributed by atoms with Crippen molar-refractivity contribution in [2.24, 2.45) is 5.92 Å². The first-order valence-corrected chi connectivity index (χ1v) is 11.1. The molecule has 0 unspecified atom stereocenters. The van der Waals surface area contributed by atoms with Gasteiger partial charge in [-0.25, -0.2) is 4.79 Å². The number of amides is 2. The largest absolute Gasteiger partial charge is 0.465 e. The van der Waals surface area contributed by atoms with E-state index in [2.05, 4.69) is 10.6 Å². The first-order chi connectivity index (χ1) is 15.8. The zero-order valence-corrected chi connectivity index (χ0v) is 19.7. The number of nitrogens with one attached hydrogen (secondary N) is 2. The van der Waals surface area contributed by atoms with Gasteiger partial charge < -0.3 is 15.7 Å². The Kier molecular flexibility index (Phi) is 7.26. The van der Waals surface area contributed by atoms with Gasteiger partial charge in [0, 0.05) is 23.0 Å². The zero-order chi connectivity index (χ0) is 25.3. The molecule has 0 aromatic heterocycles. The molecule has 6 nitrogen and oxygen atoms in total. The van der Waals surface area contributed by atoms with E-state index in [9.17, 15) is 27.9 Å². The molecule has 0 spiro atoms. The third-order valence-electron chi connectivity index (χ3n) is 5.98. The lowest BCUT2D eigenvalue weighted by atomic mass is 9.85. The van der Waals surface area contributed by atoms with Gasteiger partial charge in [0.1, 0.15) is 0 Å². The molecule has 3 rings (SSSR count). The second-order valence-corrected chi connectivity index (χ2v) is 9.58. The van der Waals surface area contributed by atoms with Crippen molar-refractivity contribution in [1.82, 2.24) is 5.32 Å². The minimum absolute atomic E-state index is 0.0912. The smallest absolute Gasteiger partial charge is 0.416 e. The van der Waals surface area contributed by atoms with E-state index in [0.29, 0.717) is 18.7 Å². The molecule has 0 aliphatic carbocycles. The summed E-state index contributed by atoms with van der Waals surface area (Å²) in [7, 11) is 0. The van der Waals surface area contributed by atoms with Crippen LogP contribution in [0.1, 0.15) is 56.3 Å². The number of carbonyl (C=O) groups is 2. The molecule has 1 fully saturated rings. The van der Waals surface area contributed by atoms with Crippen molar-refractivity contribution in [3.8, 4) is 0 Å². The molecule has 2 aromatic carbocycles. The van der Waals surface area contributed by atoms with Crippen LogP contribution in [0.3, 0.4) is 0 Å². The number of benzene rings is 2. The average molecular weight is 478 g/mol. The highest BCUT2D eigenvalue weighted by atomic mass is 19.4. The number of piperidine rings is 1. The number of carboxylic acid groups (broad SMARTS) is 1. The van der Waals surface area contributed by atoms with E-state index in [1.54, 1.807) is 45.0 Å². The molecule has 0 saturated carbocycles. The van der Waals surface area contributed by atoms with Gasteiger partial charge in [-0.15, -0.1) is 0 Å². The summed E-state index contributed by atoms with van der Waals surface area (Å²) in [6.45, 7) is 7.47. The Morgan fingerprint density at radius 1 is 1.09 bits per heavy atom. The van der Waals surface area contributed by atoms with Gasteiger partial charge in [0.05, 0.1) is 11.5 Å². The van der Waals surface area contributed by atoms with E-state index in [4.69, 9.17) is 0 Å². The van der Waals surface area contributed by atoms with Gasteiger partial charge in [-0.1, -0.05) is 18.2 Å². The molecule has 9 heteroatoms. The summed E-state index contributed by atoms with van der Waals surface area (Å²) in [4.78, 5) is 26.1. The predicted molar refractivity (Wildman–Crippen MR) is 125 cm³/mol. The minimum atomic E-state index is -4.50. The van der Waals surface area contributed by atoms with Crippen LogP contribution in [0.25, 0.3) is 0 Å². The van der Waals surface area contributed by atoms with Crippen LogP contribution in [0.5, 0.6) is 0 Å². The number of alkyl halides is 3. The van der Waals surface area contributed by atoms with E-state index in [1.165, 1.54) is 24.0 Å². The SMILES string of the molecule is Cc1ccc(NC(=O)[C@H]2CCCN[C@H]2c2ccc(N(C(=O)O)C(C)(C)C)cc2)cc1C(F)(F)F. The summed E-state index contributed by atoms with van der Waals surface area (Å²) in [6.07, 6.45) is -4.24. The maximum Gasteiger partial charge on any atom is 0.416 e. The number of carbonyl (C=O) groups excluding carboxylic acids is 1. The van der Waals surface area contributed by atoms with Crippen LogP contribution in [0.2, 0.25) is 0 Å². The molecule has 1 saturated heterocycles. The number of halogens is 3. The van der Waals surface area contributed by atoms with Crippen molar-refractivity contribution in [2.75, 3.05) is 16.8 Å².